The van der Waals surface area contributed by atoms with Gasteiger partial charge in [-0.1, -0.05) is 11.3 Å². The second kappa shape index (κ2) is 10.1. The van der Waals surface area contributed by atoms with Gasteiger partial charge in [-0.3, -0.25) is 15.1 Å². The van der Waals surface area contributed by atoms with Crippen molar-refractivity contribution in [2.24, 2.45) is 0 Å². The van der Waals surface area contributed by atoms with Crippen LogP contribution in [0.5, 0.6) is 11.5 Å². The van der Waals surface area contributed by atoms with Gasteiger partial charge in [0.2, 0.25) is 16.0 Å². The zero-order valence-corrected chi connectivity index (χ0v) is 20.7. The van der Waals surface area contributed by atoms with Gasteiger partial charge in [0.15, 0.2) is 5.76 Å². The monoisotopic (exact) mass is 513 g/mol. The number of nitrogen functional groups attached to an aromatic ring is 1. The summed E-state index contributed by atoms with van der Waals surface area (Å²) >= 11 is 1.03. The first-order valence-corrected chi connectivity index (χ1v) is 11.3. The Labute approximate surface area is 208 Å². The van der Waals surface area contributed by atoms with Gasteiger partial charge in [-0.2, -0.15) is 9.78 Å². The molecule has 4 aromatic rings. The van der Waals surface area contributed by atoms with E-state index < -0.39 is 17.1 Å². The van der Waals surface area contributed by atoms with E-state index in [1.54, 1.807) is 32.0 Å². The highest BCUT2D eigenvalue weighted by Gasteiger charge is 2.25. The Morgan fingerprint density at radius 2 is 2.06 bits per heavy atom. The second-order valence-electron chi connectivity index (χ2n) is 7.96. The Bertz CT molecular complexity index is 1440. The van der Waals surface area contributed by atoms with E-state index in [0.717, 1.165) is 11.3 Å². The summed E-state index contributed by atoms with van der Waals surface area (Å²) in [6, 6.07) is 6.29. The Balaban J connectivity index is 1.69. The molecule has 0 saturated heterocycles. The third-order valence-electron chi connectivity index (χ3n) is 4.98. The molecular weight excluding hydrogens is 490 g/mol. The number of pyridine rings is 1. The highest BCUT2D eigenvalue weighted by Crippen LogP contribution is 2.34. The number of anilines is 2. The van der Waals surface area contributed by atoms with E-state index in [9.17, 15) is 9.59 Å². The molecule has 0 aliphatic carbocycles. The number of hydrogen-bond donors (Lipinski definition) is 2. The number of amides is 1. The lowest BCUT2D eigenvalue weighted by molar-refractivity contribution is -0.0153. The molecule has 0 bridgehead atoms. The summed E-state index contributed by atoms with van der Waals surface area (Å²) in [4.78, 5) is 30.3. The van der Waals surface area contributed by atoms with Gasteiger partial charge in [0.1, 0.15) is 23.9 Å². The fraction of sp³-hybridized carbons (Fsp3) is 0.273. The van der Waals surface area contributed by atoms with E-state index >= 15 is 0 Å². The zero-order chi connectivity index (χ0) is 25.9. The molecule has 0 atom stereocenters. The summed E-state index contributed by atoms with van der Waals surface area (Å²) < 4.78 is 23.2. The van der Waals surface area contributed by atoms with Crippen molar-refractivity contribution in [1.29, 1.82) is 0 Å². The minimum Gasteiger partial charge on any atom is -0.494 e. The molecule has 0 unspecified atom stereocenters. The number of hydrogen-bond acceptors (Lipinski definition) is 12. The first-order chi connectivity index (χ1) is 17.2. The van der Waals surface area contributed by atoms with Crippen LogP contribution in [0, 0.1) is 0 Å². The fourth-order valence-corrected chi connectivity index (χ4v) is 3.67. The standard InChI is InChI=1S/C22H23N7O6S/c1-22(2,33-4)11-34-17-12(16-13(32-3)6-5-8-24-16)10-14(35-19(17)31)18(30)26-20-27-28-21(36-20)29-15(23)7-9-25-29/h5-10H,11,23H2,1-4H3,(H,26,27,30). The first kappa shape index (κ1) is 24.8. The van der Waals surface area contributed by atoms with Gasteiger partial charge in [-0.15, -0.1) is 10.2 Å². The van der Waals surface area contributed by atoms with Crippen molar-refractivity contribution in [1.82, 2.24) is 25.0 Å². The summed E-state index contributed by atoms with van der Waals surface area (Å²) in [6.45, 7) is 3.63. The Morgan fingerprint density at radius 3 is 2.75 bits per heavy atom. The number of carbonyl (C=O) groups excluding carboxylic acids is 1. The highest BCUT2D eigenvalue weighted by atomic mass is 32.1. The van der Waals surface area contributed by atoms with E-state index in [2.05, 4.69) is 25.6 Å². The topological polar surface area (TPSA) is 170 Å². The van der Waals surface area contributed by atoms with Gasteiger partial charge >= 0.3 is 5.63 Å². The molecule has 0 radical (unpaired) electrons. The molecule has 3 N–H and O–H groups in total. The molecule has 4 heterocycles. The van der Waals surface area contributed by atoms with Crippen molar-refractivity contribution >= 4 is 28.2 Å². The predicted molar refractivity (Wildman–Crippen MR) is 131 cm³/mol. The van der Waals surface area contributed by atoms with Crippen molar-refractivity contribution in [2.75, 3.05) is 31.9 Å². The Hall–Kier alpha value is -4.30. The number of nitrogens with one attached hydrogen (secondary N) is 1. The average Bonchev–Trinajstić information content (AvgIpc) is 3.51. The number of ether oxygens (including phenoxy) is 3. The maximum Gasteiger partial charge on any atom is 0.379 e. The molecule has 0 fully saturated rings. The predicted octanol–water partition coefficient (Wildman–Crippen LogP) is 2.39. The first-order valence-electron chi connectivity index (χ1n) is 10.5. The van der Waals surface area contributed by atoms with Crippen molar-refractivity contribution < 1.29 is 23.4 Å². The normalized spacial score (nSPS) is 11.3. The summed E-state index contributed by atoms with van der Waals surface area (Å²) in [5, 5.41) is 15.0. The van der Waals surface area contributed by atoms with E-state index in [-0.39, 0.29) is 28.8 Å². The molecule has 14 heteroatoms. The molecule has 0 saturated carbocycles. The SMILES string of the molecule is COc1cccnc1-c1cc(C(=O)Nc2nnc(-n3nccc3N)s2)oc(=O)c1OCC(C)(C)OC. The zero-order valence-electron chi connectivity index (χ0n) is 19.8. The molecule has 36 heavy (non-hydrogen) atoms. The quantitative estimate of drug-likeness (QED) is 0.337. The van der Waals surface area contributed by atoms with Gasteiger partial charge in [-0.05, 0) is 26.0 Å². The fourth-order valence-electron chi connectivity index (χ4n) is 2.95. The molecule has 0 aromatic carbocycles. The van der Waals surface area contributed by atoms with Crippen LogP contribution in [0.3, 0.4) is 0 Å². The molecule has 4 aromatic heterocycles. The molecule has 13 nitrogen and oxygen atoms in total. The molecule has 0 aliphatic rings. The van der Waals surface area contributed by atoms with Crippen molar-refractivity contribution in [3.63, 3.8) is 0 Å². The molecule has 0 spiro atoms. The van der Waals surface area contributed by atoms with E-state index in [4.69, 9.17) is 24.4 Å². The molecule has 1 amide bonds. The Kier molecular flexibility index (Phi) is 6.98. The summed E-state index contributed by atoms with van der Waals surface area (Å²) in [5.41, 5.74) is 4.76. The van der Waals surface area contributed by atoms with Crippen LogP contribution in [-0.2, 0) is 4.74 Å². The number of rotatable bonds is 9. The van der Waals surface area contributed by atoms with E-state index in [0.29, 0.717) is 22.4 Å². The van der Waals surface area contributed by atoms with Crippen molar-refractivity contribution in [3.05, 3.63) is 52.8 Å². The Morgan fingerprint density at radius 1 is 1.25 bits per heavy atom. The minimum absolute atomic E-state index is 0.0338. The molecule has 188 valence electrons. The molecule has 4 rings (SSSR count). The third kappa shape index (κ3) is 5.18. The van der Waals surface area contributed by atoms with Gasteiger partial charge in [0, 0.05) is 25.4 Å². The van der Waals surface area contributed by atoms with Crippen LogP contribution in [0.25, 0.3) is 16.4 Å². The number of carbonyl (C=O) groups is 1. The lowest BCUT2D eigenvalue weighted by Crippen LogP contribution is -2.32. The number of methoxy groups -OCH3 is 2. The van der Waals surface area contributed by atoms with E-state index in [1.165, 1.54) is 37.4 Å². The molecular formula is C22H23N7O6S. The summed E-state index contributed by atoms with van der Waals surface area (Å²) in [6.07, 6.45) is 3.04. The van der Waals surface area contributed by atoms with Crippen LogP contribution >= 0.6 is 11.3 Å². The van der Waals surface area contributed by atoms with E-state index in [1.807, 2.05) is 0 Å². The summed E-state index contributed by atoms with van der Waals surface area (Å²) in [5.74, 6) is -0.437. The van der Waals surface area contributed by atoms with Gasteiger partial charge in [0.05, 0.1) is 24.5 Å². The smallest absolute Gasteiger partial charge is 0.379 e. The average molecular weight is 514 g/mol. The number of nitrogens with zero attached hydrogens (tertiary/aromatic N) is 5. The molecule has 0 aliphatic heterocycles. The number of nitrogens with two attached hydrogens (primary N) is 1. The van der Waals surface area contributed by atoms with Crippen molar-refractivity contribution in [3.8, 4) is 27.9 Å². The number of aromatic nitrogens is 5. The van der Waals surface area contributed by atoms with Crippen LogP contribution in [0.2, 0.25) is 0 Å². The van der Waals surface area contributed by atoms with Crippen LogP contribution in [0.15, 0.2) is 45.9 Å². The lowest BCUT2D eigenvalue weighted by Gasteiger charge is -2.23. The maximum atomic E-state index is 13.0. The van der Waals surface area contributed by atoms with Gasteiger partial charge < -0.3 is 24.4 Å². The largest absolute Gasteiger partial charge is 0.494 e. The van der Waals surface area contributed by atoms with Crippen LogP contribution < -0.4 is 26.1 Å². The van der Waals surface area contributed by atoms with Gasteiger partial charge in [-0.25, -0.2) is 4.79 Å². The summed E-state index contributed by atoms with van der Waals surface area (Å²) in [7, 11) is 3.00. The second-order valence-corrected chi connectivity index (χ2v) is 8.92. The van der Waals surface area contributed by atoms with Gasteiger partial charge in [0.25, 0.3) is 5.91 Å². The van der Waals surface area contributed by atoms with Crippen LogP contribution in [0.4, 0.5) is 10.9 Å². The van der Waals surface area contributed by atoms with Crippen molar-refractivity contribution in [2.45, 2.75) is 19.4 Å². The third-order valence-corrected chi connectivity index (χ3v) is 5.80. The lowest BCUT2D eigenvalue weighted by atomic mass is 10.1. The minimum atomic E-state index is -0.875. The van der Waals surface area contributed by atoms with Crippen LogP contribution in [0.1, 0.15) is 24.4 Å². The highest BCUT2D eigenvalue weighted by molar-refractivity contribution is 7.17. The van der Waals surface area contributed by atoms with Crippen LogP contribution in [-0.4, -0.2) is 57.3 Å². The maximum absolute atomic E-state index is 13.0.